The summed E-state index contributed by atoms with van der Waals surface area (Å²) in [5.74, 6) is 0. The van der Waals surface area contributed by atoms with Crippen LogP contribution >= 0.6 is 0 Å². The van der Waals surface area contributed by atoms with Crippen molar-refractivity contribution in [3.63, 3.8) is 0 Å². The van der Waals surface area contributed by atoms with Crippen LogP contribution in [0.5, 0.6) is 0 Å². The molecule has 1 aromatic heterocycles. The Bertz CT molecular complexity index is 2920. The lowest BCUT2D eigenvalue weighted by Gasteiger charge is -2.18. The number of fused-ring (bicyclic) bond motifs is 7. The molecular formula is C48H30O. The van der Waals surface area contributed by atoms with Gasteiger partial charge in [-0.25, -0.2) is 0 Å². The monoisotopic (exact) mass is 624 g/mol. The van der Waals surface area contributed by atoms with Crippen molar-refractivity contribution < 1.29 is 7.16 Å². The molecule has 1 heteroatoms. The lowest BCUT2D eigenvalue weighted by molar-refractivity contribution is 0.669. The van der Waals surface area contributed by atoms with Crippen LogP contribution < -0.4 is 0 Å². The molecule has 1 heterocycles. The lowest BCUT2D eigenvalue weighted by atomic mass is 9.85. The van der Waals surface area contributed by atoms with Crippen molar-refractivity contribution in [2.45, 2.75) is 0 Å². The van der Waals surface area contributed by atoms with Gasteiger partial charge in [0.2, 0.25) is 0 Å². The molecule has 10 rings (SSSR count). The van der Waals surface area contributed by atoms with Crippen LogP contribution in [0.4, 0.5) is 0 Å². The molecule has 0 N–H and O–H groups in total. The maximum Gasteiger partial charge on any atom is 0.136 e. The Balaban J connectivity index is 1.18. The highest BCUT2D eigenvalue weighted by atomic mass is 16.3. The van der Waals surface area contributed by atoms with E-state index in [-0.39, 0.29) is 12.1 Å². The van der Waals surface area contributed by atoms with Crippen molar-refractivity contribution in [2.24, 2.45) is 0 Å². The number of hydrogen-bond acceptors (Lipinski definition) is 1. The first kappa shape index (κ1) is 25.6. The number of hydrogen-bond donors (Lipinski definition) is 0. The molecule has 9 aromatic carbocycles. The maximum atomic E-state index is 8.89. The van der Waals surface area contributed by atoms with Gasteiger partial charge < -0.3 is 4.42 Å². The molecule has 0 spiro atoms. The molecule has 0 aliphatic heterocycles. The van der Waals surface area contributed by atoms with Gasteiger partial charge in [-0.1, -0.05) is 164 Å². The van der Waals surface area contributed by atoms with Crippen LogP contribution in [0.1, 0.15) is 2.74 Å². The van der Waals surface area contributed by atoms with Gasteiger partial charge in [-0.15, -0.1) is 0 Å². The number of benzene rings is 9. The highest BCUT2D eigenvalue weighted by Crippen LogP contribution is 2.45. The molecule has 0 aliphatic carbocycles. The van der Waals surface area contributed by atoms with Crippen molar-refractivity contribution in [3.8, 4) is 44.5 Å². The Labute approximate surface area is 287 Å². The average molecular weight is 625 g/mol. The summed E-state index contributed by atoms with van der Waals surface area (Å²) in [6.45, 7) is 0. The SMILES string of the molecule is [2H]c1c([2H])c2oc3ccccc3c2c2c(-c3ccc(-c4c5ccccc5c(-c5cccc(-c6ccccc6)c5)c5ccccc45)cc3)cccc12. The van der Waals surface area contributed by atoms with E-state index in [4.69, 9.17) is 7.16 Å². The van der Waals surface area contributed by atoms with Crippen LogP contribution in [-0.2, 0) is 0 Å². The van der Waals surface area contributed by atoms with E-state index >= 15 is 0 Å². The summed E-state index contributed by atoms with van der Waals surface area (Å²) in [6.07, 6.45) is 0. The van der Waals surface area contributed by atoms with Crippen molar-refractivity contribution in [3.05, 3.63) is 182 Å². The van der Waals surface area contributed by atoms with E-state index < -0.39 is 0 Å². The van der Waals surface area contributed by atoms with E-state index in [1.165, 1.54) is 49.4 Å². The van der Waals surface area contributed by atoms with Crippen LogP contribution in [0.2, 0.25) is 0 Å². The molecular weight excluding hydrogens is 593 g/mol. The molecule has 0 unspecified atom stereocenters. The molecule has 0 saturated carbocycles. The van der Waals surface area contributed by atoms with Gasteiger partial charge in [-0.05, 0) is 89.6 Å². The predicted molar refractivity (Wildman–Crippen MR) is 208 cm³/mol. The second-order valence-corrected chi connectivity index (χ2v) is 12.6. The molecule has 1 nitrogen and oxygen atoms in total. The molecule has 10 aromatic rings. The summed E-state index contributed by atoms with van der Waals surface area (Å²) in [7, 11) is 0. The third-order valence-corrected chi connectivity index (χ3v) is 9.90. The zero-order chi connectivity index (χ0) is 34.1. The molecule has 0 radical (unpaired) electrons. The van der Waals surface area contributed by atoms with Crippen molar-refractivity contribution in [1.29, 1.82) is 0 Å². The third-order valence-electron chi connectivity index (χ3n) is 9.90. The molecule has 0 fully saturated rings. The van der Waals surface area contributed by atoms with Crippen molar-refractivity contribution in [2.75, 3.05) is 0 Å². The van der Waals surface area contributed by atoms with Gasteiger partial charge in [-0.3, -0.25) is 0 Å². The Morgan fingerprint density at radius 3 is 1.61 bits per heavy atom. The van der Waals surface area contributed by atoms with Crippen molar-refractivity contribution >= 4 is 54.3 Å². The van der Waals surface area contributed by atoms with Gasteiger partial charge in [-0.2, -0.15) is 0 Å². The predicted octanol–water partition coefficient (Wildman–Crippen LogP) is 13.7. The van der Waals surface area contributed by atoms with Crippen LogP contribution in [0.25, 0.3) is 98.8 Å². The zero-order valence-electron chi connectivity index (χ0n) is 28.6. The summed E-state index contributed by atoms with van der Waals surface area (Å²) in [4.78, 5) is 0. The Hall–Kier alpha value is -6.44. The fourth-order valence-electron chi connectivity index (χ4n) is 7.72. The smallest absolute Gasteiger partial charge is 0.136 e. The molecule has 49 heavy (non-hydrogen) atoms. The van der Waals surface area contributed by atoms with Crippen LogP contribution in [0.15, 0.2) is 186 Å². The van der Waals surface area contributed by atoms with Crippen LogP contribution in [0, 0.1) is 0 Å². The summed E-state index contributed by atoms with van der Waals surface area (Å²) in [6, 6.07) is 60.1. The summed E-state index contributed by atoms with van der Waals surface area (Å²) < 4.78 is 23.8. The standard InChI is InChI=1S/C48H30O/c1-2-12-31(13-3-1)35-15-10-16-36(30-35)46-40-19-6-4-17-38(40)45(39-18-5-7-20-41(39)46)34-26-24-32(25-27-34)37-22-11-14-33-28-29-44-48(47(33)37)42-21-8-9-23-43(42)49-44/h1-30H/i28D,29D. The normalized spacial score (nSPS) is 12.2. The minimum atomic E-state index is 0.121. The summed E-state index contributed by atoms with van der Waals surface area (Å²) >= 11 is 0. The molecule has 0 amide bonds. The second kappa shape index (κ2) is 11.1. The average Bonchev–Trinajstić information content (AvgIpc) is 3.59. The Morgan fingerprint density at radius 1 is 0.347 bits per heavy atom. The van der Waals surface area contributed by atoms with E-state index in [1.54, 1.807) is 0 Å². The third kappa shape index (κ3) is 4.40. The number of furan rings is 1. The van der Waals surface area contributed by atoms with Gasteiger partial charge in [0.1, 0.15) is 11.2 Å². The second-order valence-electron chi connectivity index (χ2n) is 12.6. The first-order chi connectivity index (χ1) is 25.2. The van der Waals surface area contributed by atoms with Gasteiger partial charge in [0, 0.05) is 16.2 Å². The van der Waals surface area contributed by atoms with Crippen molar-refractivity contribution in [1.82, 2.24) is 0 Å². The lowest BCUT2D eigenvalue weighted by Crippen LogP contribution is -1.91. The first-order valence-electron chi connectivity index (χ1n) is 17.7. The van der Waals surface area contributed by atoms with Crippen LogP contribution in [0.3, 0.4) is 0 Å². The summed E-state index contributed by atoms with van der Waals surface area (Å²) in [5.41, 5.74) is 10.5. The van der Waals surface area contributed by atoms with E-state index in [2.05, 4.69) is 133 Å². The van der Waals surface area contributed by atoms with E-state index in [9.17, 15) is 0 Å². The van der Waals surface area contributed by atoms with Gasteiger partial charge in [0.15, 0.2) is 0 Å². The molecule has 228 valence electrons. The topological polar surface area (TPSA) is 13.1 Å². The van der Waals surface area contributed by atoms with Crippen LogP contribution in [-0.4, -0.2) is 0 Å². The van der Waals surface area contributed by atoms with E-state index in [0.717, 1.165) is 43.8 Å². The highest BCUT2D eigenvalue weighted by molar-refractivity contribution is 6.24. The van der Waals surface area contributed by atoms with Gasteiger partial charge >= 0.3 is 0 Å². The first-order valence-corrected chi connectivity index (χ1v) is 16.7. The van der Waals surface area contributed by atoms with E-state index in [1.807, 2.05) is 36.4 Å². The Kier molecular flexibility index (Phi) is 5.79. The quantitative estimate of drug-likeness (QED) is 0.178. The maximum absolute atomic E-state index is 8.89. The van der Waals surface area contributed by atoms with Gasteiger partial charge in [0.25, 0.3) is 0 Å². The largest absolute Gasteiger partial charge is 0.456 e. The molecule has 0 aliphatic rings. The molecule has 0 bridgehead atoms. The van der Waals surface area contributed by atoms with Gasteiger partial charge in [0.05, 0.1) is 2.74 Å². The fourth-order valence-corrected chi connectivity index (χ4v) is 7.72. The zero-order valence-corrected chi connectivity index (χ0v) is 26.6. The minimum Gasteiger partial charge on any atom is -0.456 e. The fraction of sp³-hybridized carbons (Fsp3) is 0. The number of para-hydroxylation sites is 1. The summed E-state index contributed by atoms with van der Waals surface area (Å²) in [5, 5.41) is 8.42. The molecule has 0 saturated heterocycles. The Morgan fingerprint density at radius 2 is 0.898 bits per heavy atom. The number of rotatable bonds is 4. The van der Waals surface area contributed by atoms with E-state index in [0.29, 0.717) is 5.58 Å². The minimum absolute atomic E-state index is 0.121. The molecule has 0 atom stereocenters. The highest BCUT2D eigenvalue weighted by Gasteiger charge is 2.18.